The predicted octanol–water partition coefficient (Wildman–Crippen LogP) is 5.10. The molecule has 180 valence electrons. The number of rotatable bonds is 5. The van der Waals surface area contributed by atoms with Crippen molar-refractivity contribution in [1.29, 1.82) is 0 Å². The molecule has 3 aromatic rings. The van der Waals surface area contributed by atoms with Crippen molar-refractivity contribution in [2.75, 3.05) is 5.32 Å². The van der Waals surface area contributed by atoms with Crippen LogP contribution in [0.2, 0.25) is 5.02 Å². The largest absolute Gasteiger partial charge is 0.417 e. The highest BCUT2D eigenvalue weighted by Crippen LogP contribution is 2.46. The minimum absolute atomic E-state index is 0.104. The van der Waals surface area contributed by atoms with Gasteiger partial charge in [0.25, 0.3) is 0 Å². The lowest BCUT2D eigenvalue weighted by molar-refractivity contribution is -0.137. The number of aromatic nitrogens is 5. The Morgan fingerprint density at radius 2 is 1.97 bits per heavy atom. The first-order chi connectivity index (χ1) is 15.9. The van der Waals surface area contributed by atoms with Crippen LogP contribution < -0.4 is 5.32 Å². The van der Waals surface area contributed by atoms with Crippen molar-refractivity contribution in [3.8, 4) is 11.4 Å². The van der Waals surface area contributed by atoms with E-state index in [4.69, 9.17) is 11.6 Å². The Hall–Kier alpha value is -3.15. The Bertz CT molecular complexity index is 1200. The molecule has 2 aromatic heterocycles. The van der Waals surface area contributed by atoms with Gasteiger partial charge in [0.05, 0.1) is 23.6 Å². The molecule has 13 heteroatoms. The molecule has 1 aliphatic rings. The fourth-order valence-corrected chi connectivity index (χ4v) is 4.24. The molecule has 2 heterocycles. The average molecular weight is 501 g/mol. The lowest BCUT2D eigenvalue weighted by atomic mass is 9.83. The first-order valence-electron chi connectivity index (χ1n) is 10.2. The maximum absolute atomic E-state index is 14.0. The molecular weight excluding hydrogens is 483 g/mol. The topological polar surface area (TPSA) is 85.6 Å². The summed E-state index contributed by atoms with van der Waals surface area (Å²) in [6, 6.07) is 7.14. The number of halogens is 6. The number of benzene rings is 1. The van der Waals surface area contributed by atoms with E-state index in [1.165, 1.54) is 4.80 Å². The van der Waals surface area contributed by atoms with Crippen molar-refractivity contribution in [1.82, 2.24) is 25.2 Å². The Labute approximate surface area is 195 Å². The highest BCUT2D eigenvalue weighted by Gasteiger charge is 2.45. The van der Waals surface area contributed by atoms with Gasteiger partial charge in [0.2, 0.25) is 17.7 Å². The molecule has 0 aliphatic heterocycles. The van der Waals surface area contributed by atoms with Gasteiger partial charge in [-0.3, -0.25) is 4.79 Å². The molecule has 0 unspecified atom stereocenters. The quantitative estimate of drug-likeness (QED) is 0.492. The van der Waals surface area contributed by atoms with E-state index in [1.54, 1.807) is 31.3 Å². The van der Waals surface area contributed by atoms with Gasteiger partial charge in [0.1, 0.15) is 0 Å². The summed E-state index contributed by atoms with van der Waals surface area (Å²) in [7, 11) is 1.60. The summed E-state index contributed by atoms with van der Waals surface area (Å²) in [5.41, 5.74) is -0.00761. The Balaban J connectivity index is 1.62. The molecular formula is C21H18ClF5N6O. The molecule has 0 saturated heterocycles. The number of carbonyl (C=O) groups is 1. The number of amides is 1. The van der Waals surface area contributed by atoms with E-state index in [1.807, 2.05) is 0 Å². The van der Waals surface area contributed by atoms with Crippen LogP contribution in [-0.4, -0.2) is 37.0 Å². The lowest BCUT2D eigenvalue weighted by Crippen LogP contribution is -2.28. The van der Waals surface area contributed by atoms with E-state index in [2.05, 4.69) is 25.7 Å². The Morgan fingerprint density at radius 3 is 2.50 bits per heavy atom. The second-order valence-electron chi connectivity index (χ2n) is 8.10. The van der Waals surface area contributed by atoms with Crippen LogP contribution >= 0.6 is 11.6 Å². The maximum atomic E-state index is 14.0. The lowest BCUT2D eigenvalue weighted by Gasteiger charge is -2.23. The monoisotopic (exact) mass is 500 g/mol. The zero-order valence-corrected chi connectivity index (χ0v) is 18.4. The van der Waals surface area contributed by atoms with E-state index < -0.39 is 46.8 Å². The average Bonchev–Trinajstić information content (AvgIpc) is 3.34. The third kappa shape index (κ3) is 5.16. The fraction of sp³-hybridized carbons (Fsp3) is 0.381. The number of tetrazole rings is 1. The summed E-state index contributed by atoms with van der Waals surface area (Å²) >= 11 is 5.91. The molecule has 7 nitrogen and oxygen atoms in total. The van der Waals surface area contributed by atoms with Gasteiger partial charge >= 0.3 is 6.18 Å². The van der Waals surface area contributed by atoms with Gasteiger partial charge in [-0.15, -0.1) is 10.2 Å². The van der Waals surface area contributed by atoms with E-state index in [0.29, 0.717) is 29.2 Å². The SMILES string of the molecule is Cn1nnc(-c2ccc([C@@H](C(=O)Nc3ncc(C(F)(F)F)cc3Cl)[C@H]3CCC(F)(F)C3)cc2)n1. The van der Waals surface area contributed by atoms with Crippen LogP contribution in [0.1, 0.15) is 36.3 Å². The highest BCUT2D eigenvalue weighted by molar-refractivity contribution is 6.33. The van der Waals surface area contributed by atoms with Gasteiger partial charge in [-0.1, -0.05) is 35.9 Å². The summed E-state index contributed by atoms with van der Waals surface area (Å²) in [5.74, 6) is -5.22. The van der Waals surface area contributed by atoms with Gasteiger partial charge < -0.3 is 5.32 Å². The van der Waals surface area contributed by atoms with E-state index in [9.17, 15) is 26.7 Å². The van der Waals surface area contributed by atoms with Crippen LogP contribution in [0, 0.1) is 5.92 Å². The molecule has 34 heavy (non-hydrogen) atoms. The normalized spacial score (nSPS) is 18.6. The minimum Gasteiger partial charge on any atom is -0.309 e. The van der Waals surface area contributed by atoms with Crippen LogP contribution in [0.3, 0.4) is 0 Å². The van der Waals surface area contributed by atoms with Gasteiger partial charge in [-0.2, -0.15) is 18.0 Å². The van der Waals surface area contributed by atoms with Crippen molar-refractivity contribution in [3.63, 3.8) is 0 Å². The number of pyridine rings is 1. The number of aryl methyl sites for hydroxylation is 1. The smallest absolute Gasteiger partial charge is 0.309 e. The summed E-state index contributed by atoms with van der Waals surface area (Å²) in [5, 5.41) is 13.7. The number of carbonyl (C=O) groups excluding carboxylic acids is 1. The van der Waals surface area contributed by atoms with Crippen molar-refractivity contribution < 1.29 is 26.7 Å². The summed E-state index contributed by atoms with van der Waals surface area (Å²) in [6.07, 6.45) is -4.86. The molecule has 2 atom stereocenters. The van der Waals surface area contributed by atoms with Crippen LogP contribution in [-0.2, 0) is 18.0 Å². The van der Waals surface area contributed by atoms with E-state index in [-0.39, 0.29) is 18.7 Å². The van der Waals surface area contributed by atoms with E-state index in [0.717, 1.165) is 0 Å². The molecule has 1 fully saturated rings. The molecule has 4 rings (SSSR count). The number of nitrogens with one attached hydrogen (secondary N) is 1. The van der Waals surface area contributed by atoms with Crippen LogP contribution in [0.5, 0.6) is 0 Å². The summed E-state index contributed by atoms with van der Waals surface area (Å²) in [4.78, 5) is 18.1. The number of hydrogen-bond acceptors (Lipinski definition) is 5. The second kappa shape index (κ2) is 8.90. The summed E-state index contributed by atoms with van der Waals surface area (Å²) < 4.78 is 66.6. The number of hydrogen-bond donors (Lipinski definition) is 1. The maximum Gasteiger partial charge on any atom is 0.417 e. The van der Waals surface area contributed by atoms with Crippen molar-refractivity contribution in [3.05, 3.63) is 52.7 Å². The van der Waals surface area contributed by atoms with Gasteiger partial charge in [0, 0.05) is 24.6 Å². The second-order valence-corrected chi connectivity index (χ2v) is 8.51. The zero-order valence-electron chi connectivity index (χ0n) is 17.7. The minimum atomic E-state index is -4.66. The predicted molar refractivity (Wildman–Crippen MR) is 112 cm³/mol. The van der Waals surface area contributed by atoms with Crippen LogP contribution in [0.15, 0.2) is 36.5 Å². The molecule has 0 bridgehead atoms. The number of alkyl halides is 5. The molecule has 1 aliphatic carbocycles. The summed E-state index contributed by atoms with van der Waals surface area (Å²) in [6.45, 7) is 0. The molecule has 1 amide bonds. The first-order valence-corrected chi connectivity index (χ1v) is 10.6. The third-order valence-electron chi connectivity index (χ3n) is 5.64. The van der Waals surface area contributed by atoms with Gasteiger partial charge in [-0.05, 0) is 29.2 Å². The molecule has 0 radical (unpaired) electrons. The Kier molecular flexibility index (Phi) is 6.28. The van der Waals surface area contributed by atoms with E-state index >= 15 is 0 Å². The van der Waals surface area contributed by atoms with Gasteiger partial charge in [0.15, 0.2) is 5.82 Å². The third-order valence-corrected chi connectivity index (χ3v) is 5.93. The zero-order chi connectivity index (χ0) is 24.7. The molecule has 1 N–H and O–H groups in total. The standard InChI is InChI=1S/C21H18ClF5N6O/c1-33-31-17(30-32-33)12-4-2-11(3-5-12)16(13-6-7-20(23,24)9-13)19(34)29-18-15(22)8-14(10-28-18)21(25,26)27/h2-5,8,10,13,16H,6-7,9H2,1H3,(H,28,29,34)/t13-,16+/m0/s1. The number of anilines is 1. The van der Waals surface area contributed by atoms with Crippen molar-refractivity contribution in [2.24, 2.45) is 13.0 Å². The van der Waals surface area contributed by atoms with Crippen LogP contribution in [0.4, 0.5) is 27.8 Å². The van der Waals surface area contributed by atoms with Gasteiger partial charge in [-0.25, -0.2) is 13.8 Å². The first kappa shape index (κ1) is 24.0. The molecule has 0 spiro atoms. The van der Waals surface area contributed by atoms with Crippen molar-refractivity contribution >= 4 is 23.3 Å². The fourth-order valence-electron chi connectivity index (χ4n) is 4.02. The van der Waals surface area contributed by atoms with Crippen molar-refractivity contribution in [2.45, 2.75) is 37.3 Å². The molecule has 1 saturated carbocycles. The molecule has 1 aromatic carbocycles. The highest BCUT2D eigenvalue weighted by atomic mass is 35.5. The Morgan fingerprint density at radius 1 is 1.26 bits per heavy atom. The number of nitrogens with zero attached hydrogens (tertiary/aromatic N) is 5. The van der Waals surface area contributed by atoms with Crippen LogP contribution in [0.25, 0.3) is 11.4 Å².